The summed E-state index contributed by atoms with van der Waals surface area (Å²) < 4.78 is 34.2. The van der Waals surface area contributed by atoms with Crippen molar-refractivity contribution in [1.82, 2.24) is 15.3 Å². The van der Waals surface area contributed by atoms with E-state index in [9.17, 15) is 8.42 Å². The van der Waals surface area contributed by atoms with Crippen LogP contribution in [0, 0.1) is 5.41 Å². The van der Waals surface area contributed by atoms with Crippen molar-refractivity contribution in [3.8, 4) is 0 Å². The second-order valence-corrected chi connectivity index (χ2v) is 5.38. The van der Waals surface area contributed by atoms with Crippen LogP contribution in [0.2, 0.25) is 0 Å². The monoisotopic (exact) mass is 291 g/mol. The smallest absolute Gasteiger partial charge is 0.358 e. The number of hydrogen-bond donors (Lipinski definition) is 4. The van der Waals surface area contributed by atoms with Crippen molar-refractivity contribution < 1.29 is 17.3 Å². The summed E-state index contributed by atoms with van der Waals surface area (Å²) in [6.07, 6.45) is 3.65. The van der Waals surface area contributed by atoms with E-state index in [1.54, 1.807) is 0 Å². The van der Waals surface area contributed by atoms with Gasteiger partial charge in [-0.05, 0) is 19.3 Å². The van der Waals surface area contributed by atoms with Gasteiger partial charge < -0.3 is 10.2 Å². The standard InChI is InChI=1S/C9H17N5O4S/c10-7-6-8(13-4-2-1-3-5-13)12-9(11)14(7)18-19(15,16)17/h6,9-10,12H,1-5,11H2,(H,15,16,17). The van der Waals surface area contributed by atoms with Crippen LogP contribution in [0.25, 0.3) is 0 Å². The van der Waals surface area contributed by atoms with Gasteiger partial charge in [0, 0.05) is 19.2 Å². The van der Waals surface area contributed by atoms with Gasteiger partial charge in [0.1, 0.15) is 5.82 Å². The zero-order valence-electron chi connectivity index (χ0n) is 10.2. The number of rotatable bonds is 3. The van der Waals surface area contributed by atoms with Crippen LogP contribution < -0.4 is 11.1 Å². The molecule has 0 radical (unpaired) electrons. The molecule has 0 aliphatic carbocycles. The summed E-state index contributed by atoms with van der Waals surface area (Å²) in [6.45, 7) is 1.72. The molecule has 5 N–H and O–H groups in total. The Bertz CT molecular complexity index is 485. The van der Waals surface area contributed by atoms with E-state index in [1.807, 2.05) is 4.90 Å². The van der Waals surface area contributed by atoms with Crippen molar-refractivity contribution in [2.24, 2.45) is 5.73 Å². The Hall–Kier alpha value is -1.36. The molecule has 19 heavy (non-hydrogen) atoms. The lowest BCUT2D eigenvalue weighted by Crippen LogP contribution is -2.59. The summed E-state index contributed by atoms with van der Waals surface area (Å²) in [5.41, 5.74) is 5.68. The van der Waals surface area contributed by atoms with E-state index in [1.165, 1.54) is 12.5 Å². The predicted octanol–water partition coefficient (Wildman–Crippen LogP) is -0.827. The molecule has 0 aromatic rings. The summed E-state index contributed by atoms with van der Waals surface area (Å²) in [6, 6.07) is 0. The zero-order chi connectivity index (χ0) is 14.0. The minimum Gasteiger partial charge on any atom is -0.358 e. The Kier molecular flexibility index (Phi) is 3.94. The average Bonchev–Trinajstić information content (AvgIpc) is 2.33. The molecule has 2 aliphatic heterocycles. The van der Waals surface area contributed by atoms with E-state index in [0.29, 0.717) is 10.9 Å². The number of amidine groups is 1. The third kappa shape index (κ3) is 3.56. The Balaban J connectivity index is 2.10. The topological polar surface area (TPSA) is 132 Å². The van der Waals surface area contributed by atoms with Crippen LogP contribution in [0.15, 0.2) is 11.9 Å². The number of nitrogens with zero attached hydrogens (tertiary/aromatic N) is 2. The van der Waals surface area contributed by atoms with E-state index in [4.69, 9.17) is 15.7 Å². The third-order valence-corrected chi connectivity index (χ3v) is 3.28. The summed E-state index contributed by atoms with van der Waals surface area (Å²) in [7, 11) is -4.71. The Labute approximate surface area is 111 Å². The molecule has 0 saturated carbocycles. The maximum absolute atomic E-state index is 10.7. The normalized spacial score (nSPS) is 25.1. The van der Waals surface area contributed by atoms with Gasteiger partial charge in [-0.3, -0.25) is 15.7 Å². The van der Waals surface area contributed by atoms with Crippen molar-refractivity contribution in [2.45, 2.75) is 25.6 Å². The van der Waals surface area contributed by atoms with E-state index in [-0.39, 0.29) is 5.84 Å². The van der Waals surface area contributed by atoms with Crippen LogP contribution in [0.5, 0.6) is 0 Å². The molecule has 9 nitrogen and oxygen atoms in total. The van der Waals surface area contributed by atoms with Gasteiger partial charge in [-0.25, -0.2) is 0 Å². The van der Waals surface area contributed by atoms with Gasteiger partial charge >= 0.3 is 10.4 Å². The van der Waals surface area contributed by atoms with E-state index < -0.39 is 16.7 Å². The first-order chi connectivity index (χ1) is 8.87. The minimum absolute atomic E-state index is 0.246. The van der Waals surface area contributed by atoms with Gasteiger partial charge in [0.05, 0.1) is 0 Å². The highest BCUT2D eigenvalue weighted by Crippen LogP contribution is 2.17. The molecule has 108 valence electrons. The van der Waals surface area contributed by atoms with Crippen LogP contribution in [0.3, 0.4) is 0 Å². The molecule has 1 unspecified atom stereocenters. The Morgan fingerprint density at radius 3 is 2.58 bits per heavy atom. The molecule has 10 heteroatoms. The third-order valence-electron chi connectivity index (χ3n) is 2.93. The largest absolute Gasteiger partial charge is 0.418 e. The summed E-state index contributed by atoms with van der Waals surface area (Å²) in [5.74, 6) is 0.414. The number of hydroxylamine groups is 2. The van der Waals surface area contributed by atoms with E-state index in [0.717, 1.165) is 25.9 Å². The van der Waals surface area contributed by atoms with Crippen LogP contribution >= 0.6 is 0 Å². The van der Waals surface area contributed by atoms with E-state index in [2.05, 4.69) is 9.60 Å². The molecule has 2 aliphatic rings. The molecule has 2 heterocycles. The van der Waals surface area contributed by atoms with Gasteiger partial charge in [0.2, 0.25) is 0 Å². The molecule has 0 spiro atoms. The average molecular weight is 291 g/mol. The van der Waals surface area contributed by atoms with Crippen LogP contribution in [0.4, 0.5) is 0 Å². The number of hydrogen-bond acceptors (Lipinski definition) is 7. The van der Waals surface area contributed by atoms with Crippen LogP contribution in [0.1, 0.15) is 19.3 Å². The maximum atomic E-state index is 10.7. The van der Waals surface area contributed by atoms with Crippen molar-refractivity contribution >= 4 is 16.2 Å². The van der Waals surface area contributed by atoms with Gasteiger partial charge in [-0.2, -0.15) is 13.5 Å². The summed E-state index contributed by atoms with van der Waals surface area (Å²) in [5, 5.41) is 11.1. The van der Waals surface area contributed by atoms with E-state index >= 15 is 0 Å². The predicted molar refractivity (Wildman–Crippen MR) is 66.8 cm³/mol. The fraction of sp³-hybridized carbons (Fsp3) is 0.667. The van der Waals surface area contributed by atoms with Gasteiger partial charge in [0.25, 0.3) is 0 Å². The number of nitrogens with two attached hydrogens (primary N) is 1. The summed E-state index contributed by atoms with van der Waals surface area (Å²) in [4.78, 5) is 2.04. The SMILES string of the molecule is N=C1C=C(N2CCCCC2)NC(N)N1OS(=O)(=O)O. The lowest BCUT2D eigenvalue weighted by atomic mass is 10.1. The van der Waals surface area contributed by atoms with Gasteiger partial charge in [-0.15, -0.1) is 4.28 Å². The second-order valence-electron chi connectivity index (χ2n) is 4.38. The zero-order valence-corrected chi connectivity index (χ0v) is 11.1. The molecule has 0 amide bonds. The lowest BCUT2D eigenvalue weighted by molar-refractivity contribution is -0.0386. The molecule has 0 aromatic heterocycles. The fourth-order valence-corrected chi connectivity index (χ4v) is 2.48. The first-order valence-corrected chi connectivity index (χ1v) is 7.27. The lowest BCUT2D eigenvalue weighted by Gasteiger charge is -2.38. The van der Waals surface area contributed by atoms with Crippen molar-refractivity contribution in [2.75, 3.05) is 13.1 Å². The van der Waals surface area contributed by atoms with Crippen LogP contribution in [-0.4, -0.2) is 48.1 Å². The fourth-order valence-electron chi connectivity index (χ4n) is 2.10. The Morgan fingerprint density at radius 1 is 1.42 bits per heavy atom. The molecule has 0 bridgehead atoms. The molecule has 1 fully saturated rings. The second kappa shape index (κ2) is 5.33. The maximum Gasteiger partial charge on any atom is 0.418 e. The number of nitrogens with one attached hydrogen (secondary N) is 2. The first-order valence-electron chi connectivity index (χ1n) is 5.90. The van der Waals surface area contributed by atoms with Crippen LogP contribution in [-0.2, 0) is 14.7 Å². The highest BCUT2D eigenvalue weighted by atomic mass is 32.3. The summed E-state index contributed by atoms with van der Waals surface area (Å²) >= 11 is 0. The quantitative estimate of drug-likeness (QED) is 0.495. The first kappa shape index (κ1) is 14.1. The van der Waals surface area contributed by atoms with Crippen molar-refractivity contribution in [3.63, 3.8) is 0 Å². The van der Waals surface area contributed by atoms with Gasteiger partial charge in [0.15, 0.2) is 12.1 Å². The Morgan fingerprint density at radius 2 is 2.05 bits per heavy atom. The van der Waals surface area contributed by atoms with Gasteiger partial charge in [-0.1, -0.05) is 0 Å². The number of piperidine rings is 1. The van der Waals surface area contributed by atoms with Crippen molar-refractivity contribution in [3.05, 3.63) is 11.9 Å². The number of likely N-dealkylation sites (tertiary alicyclic amines) is 1. The molecular formula is C9H17N5O4S. The molecule has 0 aromatic carbocycles. The highest BCUT2D eigenvalue weighted by molar-refractivity contribution is 7.80. The van der Waals surface area contributed by atoms with Crippen molar-refractivity contribution in [1.29, 1.82) is 5.41 Å². The minimum atomic E-state index is -4.71. The highest BCUT2D eigenvalue weighted by Gasteiger charge is 2.30. The molecular weight excluding hydrogens is 274 g/mol. The molecule has 1 saturated heterocycles. The molecule has 2 rings (SSSR count). The molecule has 1 atom stereocenters.